The van der Waals surface area contributed by atoms with Gasteiger partial charge in [-0.05, 0) is 31.2 Å². The van der Waals surface area contributed by atoms with Crippen LogP contribution in [-0.4, -0.2) is 35.3 Å². The predicted octanol–water partition coefficient (Wildman–Crippen LogP) is 1.73. The van der Waals surface area contributed by atoms with Gasteiger partial charge in [-0.2, -0.15) is 0 Å². The summed E-state index contributed by atoms with van der Waals surface area (Å²) in [5.41, 5.74) is 1.50. The van der Waals surface area contributed by atoms with E-state index < -0.39 is 20.6 Å². The lowest BCUT2D eigenvalue weighted by Crippen LogP contribution is -2.26. The zero-order valence-electron chi connectivity index (χ0n) is 16.7. The quantitative estimate of drug-likeness (QED) is 0.333. The summed E-state index contributed by atoms with van der Waals surface area (Å²) in [6, 6.07) is 11.0. The monoisotopic (exact) mass is 446 g/mol. The van der Waals surface area contributed by atoms with E-state index in [0.717, 1.165) is 22.9 Å². The van der Waals surface area contributed by atoms with E-state index in [1.54, 1.807) is 0 Å². The van der Waals surface area contributed by atoms with Gasteiger partial charge in [-0.3, -0.25) is 14.9 Å². The highest BCUT2D eigenvalue weighted by Gasteiger charge is 2.19. The molecule has 0 aliphatic heterocycles. The lowest BCUT2D eigenvalue weighted by Gasteiger charge is -2.10. The molecule has 3 aromatic rings. The Labute approximate surface area is 178 Å². The van der Waals surface area contributed by atoms with Crippen molar-refractivity contribution in [3.63, 3.8) is 0 Å². The number of aromatic nitrogens is 2. The number of aryl methyl sites for hydroxylation is 1. The first-order chi connectivity index (χ1) is 14.7. The normalized spacial score (nSPS) is 11.4. The molecule has 11 nitrogen and oxygen atoms in total. The number of carbonyl (C=O) groups is 1. The number of amides is 1. The number of nitrogens with one attached hydrogen (secondary N) is 2. The number of sulfonamides is 1. The predicted molar refractivity (Wildman–Crippen MR) is 115 cm³/mol. The molecular weight excluding hydrogens is 424 g/mol. The smallest absolute Gasteiger partial charge is 0.293 e. The zero-order chi connectivity index (χ0) is 22.6. The maximum atomic E-state index is 12.2. The highest BCUT2D eigenvalue weighted by Crippen LogP contribution is 2.27. The van der Waals surface area contributed by atoms with Crippen molar-refractivity contribution in [2.75, 3.05) is 11.9 Å². The van der Waals surface area contributed by atoms with E-state index in [0.29, 0.717) is 6.54 Å². The van der Waals surface area contributed by atoms with Crippen LogP contribution in [0.15, 0.2) is 47.4 Å². The number of nitrogens with zero attached hydrogens (tertiary/aromatic N) is 3. The summed E-state index contributed by atoms with van der Waals surface area (Å²) in [6.07, 6.45) is 0.0560. The molecule has 0 saturated carbocycles. The molecule has 0 aliphatic rings. The highest BCUT2D eigenvalue weighted by atomic mass is 32.2. The molecule has 2 aromatic carbocycles. The molecule has 1 heterocycles. The van der Waals surface area contributed by atoms with E-state index in [2.05, 4.69) is 15.6 Å². The van der Waals surface area contributed by atoms with Gasteiger partial charge in [0.2, 0.25) is 15.9 Å². The number of hydrogen-bond acceptors (Lipinski definition) is 7. The standard InChI is InChI=1S/C19H22N6O5S/c1-2-24-16-6-4-3-5-15(16)23-18(24)12-22-19(26)9-10-21-14-8-7-13(31(20,29)30)11-17(14)25(27)28/h3-8,11,21H,2,9-10,12H2,1H3,(H,22,26)(H2,20,29,30). The van der Waals surface area contributed by atoms with Gasteiger partial charge in [0.25, 0.3) is 5.69 Å². The summed E-state index contributed by atoms with van der Waals surface area (Å²) in [5.74, 6) is 0.477. The summed E-state index contributed by atoms with van der Waals surface area (Å²) in [5, 5.41) is 21.8. The number of imidazole rings is 1. The summed E-state index contributed by atoms with van der Waals surface area (Å²) >= 11 is 0. The first-order valence-electron chi connectivity index (χ1n) is 9.46. The number of benzene rings is 2. The average molecular weight is 446 g/mol. The topological polar surface area (TPSA) is 162 Å². The summed E-state index contributed by atoms with van der Waals surface area (Å²) in [6.45, 7) is 3.08. The average Bonchev–Trinajstić information content (AvgIpc) is 3.09. The van der Waals surface area contributed by atoms with E-state index in [-0.39, 0.29) is 36.0 Å². The van der Waals surface area contributed by atoms with Crippen molar-refractivity contribution in [2.24, 2.45) is 5.14 Å². The number of carbonyl (C=O) groups excluding carboxylic acids is 1. The fourth-order valence-electron chi connectivity index (χ4n) is 3.18. The van der Waals surface area contributed by atoms with Crippen LogP contribution >= 0.6 is 0 Å². The van der Waals surface area contributed by atoms with Gasteiger partial charge in [-0.15, -0.1) is 0 Å². The van der Waals surface area contributed by atoms with Gasteiger partial charge in [0.15, 0.2) is 0 Å². The molecule has 0 aliphatic carbocycles. The van der Waals surface area contributed by atoms with Crippen molar-refractivity contribution >= 4 is 38.3 Å². The molecule has 1 aromatic heterocycles. The van der Waals surface area contributed by atoms with Crippen LogP contribution in [0.2, 0.25) is 0 Å². The maximum absolute atomic E-state index is 12.2. The molecule has 0 radical (unpaired) electrons. The van der Waals surface area contributed by atoms with Gasteiger partial charge in [0.1, 0.15) is 11.5 Å². The van der Waals surface area contributed by atoms with Gasteiger partial charge in [0, 0.05) is 25.6 Å². The molecule has 3 rings (SSSR count). The molecule has 164 valence electrons. The number of para-hydroxylation sites is 2. The van der Waals surface area contributed by atoms with Crippen LogP contribution in [0.4, 0.5) is 11.4 Å². The Hall–Kier alpha value is -3.51. The van der Waals surface area contributed by atoms with Crippen molar-refractivity contribution in [3.05, 3.63) is 58.4 Å². The Balaban J connectivity index is 1.59. The van der Waals surface area contributed by atoms with Gasteiger partial charge in [-0.25, -0.2) is 18.5 Å². The minimum absolute atomic E-state index is 0.0560. The summed E-state index contributed by atoms with van der Waals surface area (Å²) in [4.78, 5) is 26.9. The molecule has 0 fully saturated rings. The van der Waals surface area contributed by atoms with E-state index >= 15 is 0 Å². The summed E-state index contributed by atoms with van der Waals surface area (Å²) in [7, 11) is -4.06. The van der Waals surface area contributed by atoms with Gasteiger partial charge in [0.05, 0.1) is 27.4 Å². The lowest BCUT2D eigenvalue weighted by molar-refractivity contribution is -0.384. The van der Waals surface area contributed by atoms with E-state index in [1.165, 1.54) is 12.1 Å². The number of anilines is 1. The number of rotatable bonds is 9. The second-order valence-electron chi connectivity index (χ2n) is 6.70. The van der Waals surface area contributed by atoms with Crippen LogP contribution in [0.25, 0.3) is 11.0 Å². The summed E-state index contributed by atoms with van der Waals surface area (Å²) < 4.78 is 24.8. The Kier molecular flexibility index (Phi) is 6.51. The third-order valence-corrected chi connectivity index (χ3v) is 5.57. The molecule has 4 N–H and O–H groups in total. The van der Waals surface area contributed by atoms with Crippen LogP contribution in [0.1, 0.15) is 19.2 Å². The second kappa shape index (κ2) is 9.10. The third kappa shape index (κ3) is 5.16. The molecule has 1 amide bonds. The number of nitro groups is 1. The largest absolute Gasteiger partial charge is 0.379 e. The first-order valence-corrected chi connectivity index (χ1v) is 11.0. The minimum Gasteiger partial charge on any atom is -0.379 e. The first kappa shape index (κ1) is 22.2. The number of primary sulfonamides is 1. The van der Waals surface area contributed by atoms with Crippen LogP contribution in [-0.2, 0) is 27.9 Å². The number of hydrogen-bond donors (Lipinski definition) is 3. The minimum atomic E-state index is -4.06. The Morgan fingerprint density at radius 1 is 1.26 bits per heavy atom. The van der Waals surface area contributed by atoms with Crippen molar-refractivity contribution in [1.82, 2.24) is 14.9 Å². The van der Waals surface area contributed by atoms with Gasteiger partial charge < -0.3 is 15.2 Å². The van der Waals surface area contributed by atoms with Crippen LogP contribution in [0, 0.1) is 10.1 Å². The third-order valence-electron chi connectivity index (χ3n) is 4.66. The fraction of sp³-hybridized carbons (Fsp3) is 0.263. The molecule has 0 saturated heterocycles. The molecule has 0 unspecified atom stereocenters. The van der Waals surface area contributed by atoms with Crippen molar-refractivity contribution in [2.45, 2.75) is 31.3 Å². The van der Waals surface area contributed by atoms with Crippen LogP contribution in [0.3, 0.4) is 0 Å². The number of nitrogens with two attached hydrogens (primary N) is 1. The SMILES string of the molecule is CCn1c(CNC(=O)CCNc2ccc(S(N)(=O)=O)cc2[N+](=O)[O-])nc2ccccc21. The zero-order valence-corrected chi connectivity index (χ0v) is 17.6. The Bertz CT molecular complexity index is 1240. The van der Waals surface area contributed by atoms with Crippen molar-refractivity contribution in [3.8, 4) is 0 Å². The van der Waals surface area contributed by atoms with E-state index in [4.69, 9.17) is 5.14 Å². The van der Waals surface area contributed by atoms with Crippen LogP contribution in [0.5, 0.6) is 0 Å². The molecule has 0 spiro atoms. The Morgan fingerprint density at radius 2 is 2.00 bits per heavy atom. The highest BCUT2D eigenvalue weighted by molar-refractivity contribution is 7.89. The molecule has 0 bridgehead atoms. The maximum Gasteiger partial charge on any atom is 0.293 e. The van der Waals surface area contributed by atoms with Crippen molar-refractivity contribution < 1.29 is 18.1 Å². The molecule has 12 heteroatoms. The van der Waals surface area contributed by atoms with E-state index in [1.807, 2.05) is 35.8 Å². The molecule has 31 heavy (non-hydrogen) atoms. The fourth-order valence-corrected chi connectivity index (χ4v) is 3.71. The molecular formula is C19H22N6O5S. The lowest BCUT2D eigenvalue weighted by atomic mass is 10.2. The van der Waals surface area contributed by atoms with Crippen LogP contribution < -0.4 is 15.8 Å². The van der Waals surface area contributed by atoms with E-state index in [9.17, 15) is 23.3 Å². The molecule has 0 atom stereocenters. The second-order valence-corrected chi connectivity index (χ2v) is 8.26. The number of nitro benzene ring substituents is 1. The Morgan fingerprint density at radius 3 is 2.68 bits per heavy atom. The van der Waals surface area contributed by atoms with Crippen molar-refractivity contribution in [1.29, 1.82) is 0 Å². The van der Waals surface area contributed by atoms with Gasteiger partial charge in [-0.1, -0.05) is 12.1 Å². The number of fused-ring (bicyclic) bond motifs is 1. The van der Waals surface area contributed by atoms with Gasteiger partial charge >= 0.3 is 0 Å².